The molecule has 0 spiro atoms. The van der Waals surface area contributed by atoms with E-state index in [-0.39, 0.29) is 6.61 Å². The van der Waals surface area contributed by atoms with Crippen LogP contribution in [-0.2, 0) is 0 Å². The molecular formula is C15H30N2O. The molecule has 0 bridgehead atoms. The number of nitrogens with zero attached hydrogens (tertiary/aromatic N) is 1. The van der Waals surface area contributed by atoms with Crippen LogP contribution in [0.1, 0.15) is 40.0 Å². The fraction of sp³-hybridized carbons (Fsp3) is 1.00. The molecule has 0 radical (unpaired) electrons. The molecule has 1 aliphatic heterocycles. The number of hydrogen-bond donors (Lipinski definition) is 2. The van der Waals surface area contributed by atoms with Gasteiger partial charge >= 0.3 is 0 Å². The first kappa shape index (κ1) is 14.3. The van der Waals surface area contributed by atoms with Crippen LogP contribution in [0.15, 0.2) is 0 Å². The lowest BCUT2D eigenvalue weighted by Gasteiger charge is -2.48. The highest BCUT2D eigenvalue weighted by atomic mass is 16.3. The van der Waals surface area contributed by atoms with Gasteiger partial charge in [-0.3, -0.25) is 4.90 Å². The fourth-order valence-corrected chi connectivity index (χ4v) is 3.53. The lowest BCUT2D eigenvalue weighted by atomic mass is 9.77. The third-order valence-corrected chi connectivity index (χ3v) is 4.86. The number of rotatable bonds is 5. The Kier molecular flexibility index (Phi) is 5.05. The van der Waals surface area contributed by atoms with Crippen LogP contribution in [0.5, 0.6) is 0 Å². The van der Waals surface area contributed by atoms with Crippen molar-refractivity contribution in [2.45, 2.75) is 52.1 Å². The Labute approximate surface area is 112 Å². The van der Waals surface area contributed by atoms with Crippen LogP contribution in [0.25, 0.3) is 0 Å². The Hall–Kier alpha value is -0.120. The smallest absolute Gasteiger partial charge is 0.0556 e. The molecule has 3 heteroatoms. The van der Waals surface area contributed by atoms with E-state index < -0.39 is 0 Å². The first-order chi connectivity index (χ1) is 8.60. The minimum atomic E-state index is 0.253. The lowest BCUT2D eigenvalue weighted by Crippen LogP contribution is -2.56. The van der Waals surface area contributed by atoms with Crippen molar-refractivity contribution in [1.82, 2.24) is 10.2 Å². The highest BCUT2D eigenvalue weighted by Crippen LogP contribution is 2.35. The number of hydrogen-bond acceptors (Lipinski definition) is 3. The molecule has 1 heterocycles. The standard InChI is InChI=1S/C15H30N2O/c1-11(2)13-8-14(16-4-5-18)10-17(9-13)15-6-12(3)7-15/h11-16,18H,4-10H2,1-3H3. The van der Waals surface area contributed by atoms with Crippen LogP contribution < -0.4 is 5.32 Å². The summed E-state index contributed by atoms with van der Waals surface area (Å²) in [5.74, 6) is 2.51. The Bertz CT molecular complexity index is 251. The van der Waals surface area contributed by atoms with Crippen molar-refractivity contribution in [3.05, 3.63) is 0 Å². The van der Waals surface area contributed by atoms with E-state index in [9.17, 15) is 0 Å². The lowest BCUT2D eigenvalue weighted by molar-refractivity contribution is 0.0227. The SMILES string of the molecule is CC1CC(N2CC(NCCO)CC(C(C)C)C2)C1. The van der Waals surface area contributed by atoms with E-state index in [1.807, 2.05) is 0 Å². The van der Waals surface area contributed by atoms with E-state index in [0.717, 1.165) is 30.3 Å². The highest BCUT2D eigenvalue weighted by Gasteiger charge is 2.36. The molecule has 2 aliphatic rings. The van der Waals surface area contributed by atoms with Gasteiger partial charge in [0.1, 0.15) is 0 Å². The maximum atomic E-state index is 8.96. The zero-order valence-corrected chi connectivity index (χ0v) is 12.2. The summed E-state index contributed by atoms with van der Waals surface area (Å²) in [5, 5.41) is 12.5. The second-order valence-corrected chi connectivity index (χ2v) is 6.80. The van der Waals surface area contributed by atoms with Gasteiger partial charge in [0, 0.05) is 31.7 Å². The second kappa shape index (κ2) is 6.36. The van der Waals surface area contributed by atoms with Crippen molar-refractivity contribution in [2.75, 3.05) is 26.2 Å². The highest BCUT2D eigenvalue weighted by molar-refractivity contribution is 4.92. The van der Waals surface area contributed by atoms with Gasteiger partial charge in [-0.2, -0.15) is 0 Å². The molecule has 0 aromatic carbocycles. The quantitative estimate of drug-likeness (QED) is 0.784. The fourth-order valence-electron chi connectivity index (χ4n) is 3.53. The molecule has 2 atom stereocenters. The summed E-state index contributed by atoms with van der Waals surface area (Å²) in [4.78, 5) is 2.71. The largest absolute Gasteiger partial charge is 0.395 e. The van der Waals surface area contributed by atoms with Crippen molar-refractivity contribution in [2.24, 2.45) is 17.8 Å². The summed E-state index contributed by atoms with van der Waals surface area (Å²) in [6.07, 6.45) is 4.05. The van der Waals surface area contributed by atoms with Crippen LogP contribution in [0.4, 0.5) is 0 Å². The Balaban J connectivity index is 1.89. The Morgan fingerprint density at radius 3 is 2.50 bits per heavy atom. The summed E-state index contributed by atoms with van der Waals surface area (Å²) in [6, 6.07) is 1.41. The third kappa shape index (κ3) is 3.46. The van der Waals surface area contributed by atoms with Crippen LogP contribution in [-0.4, -0.2) is 48.3 Å². The normalized spacial score (nSPS) is 37.8. The molecule has 2 fully saturated rings. The van der Waals surface area contributed by atoms with Crippen LogP contribution >= 0.6 is 0 Å². The van der Waals surface area contributed by atoms with Gasteiger partial charge in [0.15, 0.2) is 0 Å². The number of aliphatic hydroxyl groups excluding tert-OH is 1. The third-order valence-electron chi connectivity index (χ3n) is 4.86. The number of piperidine rings is 1. The molecular weight excluding hydrogens is 224 g/mol. The van der Waals surface area contributed by atoms with E-state index in [1.54, 1.807) is 0 Å². The first-order valence-corrected chi connectivity index (χ1v) is 7.68. The molecule has 106 valence electrons. The van der Waals surface area contributed by atoms with Gasteiger partial charge < -0.3 is 10.4 Å². The molecule has 1 saturated carbocycles. The van der Waals surface area contributed by atoms with Gasteiger partial charge in [-0.25, -0.2) is 0 Å². The number of nitrogens with one attached hydrogen (secondary N) is 1. The molecule has 1 saturated heterocycles. The van der Waals surface area contributed by atoms with Crippen LogP contribution in [0, 0.1) is 17.8 Å². The summed E-state index contributed by atoms with van der Waals surface area (Å²) in [6.45, 7) is 10.5. The van der Waals surface area contributed by atoms with Crippen LogP contribution in [0.3, 0.4) is 0 Å². The Morgan fingerprint density at radius 2 is 1.94 bits per heavy atom. The molecule has 2 unspecified atom stereocenters. The van der Waals surface area contributed by atoms with Crippen molar-refractivity contribution >= 4 is 0 Å². The van der Waals surface area contributed by atoms with E-state index in [1.165, 1.54) is 32.4 Å². The van der Waals surface area contributed by atoms with E-state index in [4.69, 9.17) is 5.11 Å². The average Bonchev–Trinajstić information content (AvgIpc) is 2.32. The van der Waals surface area contributed by atoms with Crippen molar-refractivity contribution in [3.63, 3.8) is 0 Å². The Morgan fingerprint density at radius 1 is 1.22 bits per heavy atom. The molecule has 2 N–H and O–H groups in total. The summed E-state index contributed by atoms with van der Waals surface area (Å²) in [5.41, 5.74) is 0. The summed E-state index contributed by atoms with van der Waals surface area (Å²) in [7, 11) is 0. The van der Waals surface area contributed by atoms with Gasteiger partial charge in [-0.1, -0.05) is 20.8 Å². The van der Waals surface area contributed by atoms with Crippen molar-refractivity contribution in [1.29, 1.82) is 0 Å². The zero-order chi connectivity index (χ0) is 13.1. The van der Waals surface area contributed by atoms with E-state index >= 15 is 0 Å². The minimum absolute atomic E-state index is 0.253. The summed E-state index contributed by atoms with van der Waals surface area (Å²) < 4.78 is 0. The van der Waals surface area contributed by atoms with Crippen molar-refractivity contribution < 1.29 is 5.11 Å². The van der Waals surface area contributed by atoms with Gasteiger partial charge in [0.25, 0.3) is 0 Å². The monoisotopic (exact) mass is 254 g/mol. The average molecular weight is 254 g/mol. The molecule has 0 amide bonds. The van der Waals surface area contributed by atoms with Crippen molar-refractivity contribution in [3.8, 4) is 0 Å². The zero-order valence-electron chi connectivity index (χ0n) is 12.2. The summed E-state index contributed by atoms with van der Waals surface area (Å²) >= 11 is 0. The van der Waals surface area contributed by atoms with E-state index in [0.29, 0.717) is 6.04 Å². The topological polar surface area (TPSA) is 35.5 Å². The predicted octanol–water partition coefficient (Wildman–Crippen LogP) is 1.71. The molecule has 0 aromatic rings. The molecule has 2 rings (SSSR count). The maximum Gasteiger partial charge on any atom is 0.0556 e. The first-order valence-electron chi connectivity index (χ1n) is 7.68. The van der Waals surface area contributed by atoms with Gasteiger partial charge in [0.05, 0.1) is 6.61 Å². The van der Waals surface area contributed by atoms with E-state index in [2.05, 4.69) is 31.0 Å². The number of aliphatic hydroxyl groups is 1. The van der Waals surface area contributed by atoms with Gasteiger partial charge in [-0.15, -0.1) is 0 Å². The molecule has 0 aromatic heterocycles. The number of likely N-dealkylation sites (tertiary alicyclic amines) is 1. The molecule has 1 aliphatic carbocycles. The predicted molar refractivity (Wildman–Crippen MR) is 75.6 cm³/mol. The maximum absolute atomic E-state index is 8.96. The molecule has 18 heavy (non-hydrogen) atoms. The van der Waals surface area contributed by atoms with Gasteiger partial charge in [-0.05, 0) is 37.0 Å². The van der Waals surface area contributed by atoms with Gasteiger partial charge in [0.2, 0.25) is 0 Å². The molecule has 3 nitrogen and oxygen atoms in total. The second-order valence-electron chi connectivity index (χ2n) is 6.80. The van der Waals surface area contributed by atoms with Crippen LogP contribution in [0.2, 0.25) is 0 Å². The minimum Gasteiger partial charge on any atom is -0.395 e.